The third-order valence-electron chi connectivity index (χ3n) is 5.44. The van der Waals surface area contributed by atoms with Crippen molar-refractivity contribution in [3.05, 3.63) is 45.9 Å². The first-order valence-electron chi connectivity index (χ1n) is 8.04. The van der Waals surface area contributed by atoms with Gasteiger partial charge in [-0.3, -0.25) is 4.79 Å². The molecule has 3 saturated heterocycles. The largest absolute Gasteiger partial charge is 0.326 e. The van der Waals surface area contributed by atoms with E-state index in [-0.39, 0.29) is 5.56 Å². The number of hydrogen-bond donors (Lipinski definition) is 1. The lowest BCUT2D eigenvalue weighted by Gasteiger charge is -2.44. The van der Waals surface area contributed by atoms with E-state index in [1.807, 2.05) is 12.1 Å². The van der Waals surface area contributed by atoms with E-state index in [2.05, 4.69) is 28.9 Å². The smallest absolute Gasteiger partial charge is 0.256 e. The zero-order valence-corrected chi connectivity index (χ0v) is 12.6. The Balaban J connectivity index is 1.68. The molecule has 1 N–H and O–H groups in total. The van der Waals surface area contributed by atoms with Gasteiger partial charge >= 0.3 is 0 Å². The number of aryl methyl sites for hydroxylation is 1. The van der Waals surface area contributed by atoms with Crippen molar-refractivity contribution in [1.29, 1.82) is 0 Å². The summed E-state index contributed by atoms with van der Waals surface area (Å²) in [6.45, 7) is 5.83. The Morgan fingerprint density at radius 1 is 1.24 bits per heavy atom. The predicted octanol–water partition coefficient (Wildman–Crippen LogP) is 2.72. The summed E-state index contributed by atoms with van der Waals surface area (Å²) in [5.74, 6) is 1.57. The van der Waals surface area contributed by atoms with Crippen LogP contribution in [0.15, 0.2) is 29.1 Å². The van der Waals surface area contributed by atoms with Crippen LogP contribution < -0.4 is 5.56 Å². The van der Waals surface area contributed by atoms with Crippen molar-refractivity contribution in [2.75, 3.05) is 19.6 Å². The molecule has 2 bridgehead atoms. The van der Waals surface area contributed by atoms with Crippen LogP contribution in [0.25, 0.3) is 10.8 Å². The molecule has 1 aromatic heterocycles. The summed E-state index contributed by atoms with van der Waals surface area (Å²) in [6.07, 6.45) is 3.68. The maximum Gasteiger partial charge on any atom is 0.256 e. The van der Waals surface area contributed by atoms with E-state index in [1.165, 1.54) is 38.0 Å². The molecule has 2 aromatic rings. The van der Waals surface area contributed by atoms with E-state index in [0.29, 0.717) is 5.92 Å². The van der Waals surface area contributed by atoms with E-state index in [9.17, 15) is 4.79 Å². The van der Waals surface area contributed by atoms with Gasteiger partial charge in [-0.2, -0.15) is 0 Å². The Kier molecular flexibility index (Phi) is 3.11. The van der Waals surface area contributed by atoms with Crippen LogP contribution in [0.5, 0.6) is 0 Å². The molecule has 110 valence electrons. The van der Waals surface area contributed by atoms with E-state index >= 15 is 0 Å². The molecule has 0 spiro atoms. The molecule has 3 fully saturated rings. The van der Waals surface area contributed by atoms with Crippen LogP contribution in [-0.4, -0.2) is 29.5 Å². The summed E-state index contributed by atoms with van der Waals surface area (Å²) in [5, 5.41) is 1.92. The Hall–Kier alpha value is -1.61. The lowest BCUT2D eigenvalue weighted by atomic mass is 9.77. The Morgan fingerprint density at radius 3 is 2.76 bits per heavy atom. The second kappa shape index (κ2) is 4.99. The molecule has 1 unspecified atom stereocenters. The number of benzene rings is 1. The number of hydrogen-bond acceptors (Lipinski definition) is 2. The Morgan fingerprint density at radius 2 is 2.05 bits per heavy atom. The first-order chi connectivity index (χ1) is 10.2. The van der Waals surface area contributed by atoms with Crippen molar-refractivity contribution in [3.8, 4) is 0 Å². The second-order valence-corrected chi connectivity index (χ2v) is 6.76. The highest BCUT2D eigenvalue weighted by Gasteiger charge is 2.34. The molecule has 0 aliphatic carbocycles. The molecular formula is C18H22N2O. The molecular weight excluding hydrogens is 260 g/mol. The van der Waals surface area contributed by atoms with Crippen molar-refractivity contribution in [3.63, 3.8) is 0 Å². The molecule has 3 aliphatic rings. The minimum atomic E-state index is 0.0625. The molecule has 3 nitrogen and oxygen atoms in total. The summed E-state index contributed by atoms with van der Waals surface area (Å²) in [4.78, 5) is 18.0. The minimum absolute atomic E-state index is 0.0625. The van der Waals surface area contributed by atoms with Crippen molar-refractivity contribution in [2.45, 2.75) is 26.2 Å². The van der Waals surface area contributed by atoms with Gasteiger partial charge in [-0.15, -0.1) is 0 Å². The zero-order chi connectivity index (χ0) is 14.4. The van der Waals surface area contributed by atoms with E-state index in [4.69, 9.17) is 0 Å². The number of aromatic amines is 1. The fraction of sp³-hybridized carbons (Fsp3) is 0.500. The highest BCUT2D eigenvalue weighted by atomic mass is 16.1. The number of fused-ring (bicyclic) bond motifs is 4. The highest BCUT2D eigenvalue weighted by molar-refractivity contribution is 5.84. The van der Waals surface area contributed by atoms with Crippen LogP contribution in [-0.2, 0) is 6.42 Å². The van der Waals surface area contributed by atoms with Crippen LogP contribution in [0, 0.1) is 18.8 Å². The summed E-state index contributed by atoms with van der Waals surface area (Å²) in [5.41, 5.74) is 2.36. The van der Waals surface area contributed by atoms with Crippen molar-refractivity contribution < 1.29 is 0 Å². The number of nitrogens with one attached hydrogen (secondary N) is 1. The lowest BCUT2D eigenvalue weighted by molar-refractivity contribution is 0.0508. The van der Waals surface area contributed by atoms with Gasteiger partial charge in [0.1, 0.15) is 0 Å². The number of rotatable bonds is 2. The minimum Gasteiger partial charge on any atom is -0.326 e. The summed E-state index contributed by atoms with van der Waals surface area (Å²) in [7, 11) is 0. The standard InChI is InChI=1S/C18H22N2O/c1-12-3-2-4-16-17(12)10-15(19-18(16)21)9-14-11-20-7-5-13(14)6-8-20/h2-4,10,13-14H,5-9,11H2,1H3,(H,19,21). The Labute approximate surface area is 125 Å². The van der Waals surface area contributed by atoms with Gasteiger partial charge in [0.25, 0.3) is 5.56 Å². The van der Waals surface area contributed by atoms with Gasteiger partial charge in [0.15, 0.2) is 0 Å². The van der Waals surface area contributed by atoms with Crippen molar-refractivity contribution in [2.24, 2.45) is 11.8 Å². The number of H-pyrrole nitrogens is 1. The summed E-state index contributed by atoms with van der Waals surface area (Å²) in [6, 6.07) is 8.16. The van der Waals surface area contributed by atoms with Gasteiger partial charge in [-0.25, -0.2) is 0 Å². The van der Waals surface area contributed by atoms with Crippen LogP contribution in [0.1, 0.15) is 24.1 Å². The predicted molar refractivity (Wildman–Crippen MR) is 85.7 cm³/mol. The van der Waals surface area contributed by atoms with Crippen LogP contribution >= 0.6 is 0 Å². The Bertz CT molecular complexity index is 726. The fourth-order valence-electron chi connectivity index (χ4n) is 4.20. The molecule has 3 heteroatoms. The SMILES string of the molecule is Cc1cccc2c(=O)[nH]c(CC3CN4CCC3CC4)cc12. The van der Waals surface area contributed by atoms with Crippen molar-refractivity contribution >= 4 is 10.8 Å². The molecule has 0 radical (unpaired) electrons. The van der Waals surface area contributed by atoms with Crippen LogP contribution in [0.3, 0.4) is 0 Å². The number of aromatic nitrogens is 1. The van der Waals surface area contributed by atoms with Gasteiger partial charge in [-0.1, -0.05) is 12.1 Å². The third kappa shape index (κ3) is 2.30. The van der Waals surface area contributed by atoms with E-state index in [1.54, 1.807) is 0 Å². The monoisotopic (exact) mass is 282 g/mol. The molecule has 1 atom stereocenters. The van der Waals surface area contributed by atoms with Crippen molar-refractivity contribution in [1.82, 2.24) is 9.88 Å². The molecule has 1 aromatic carbocycles. The molecule has 0 saturated carbocycles. The quantitative estimate of drug-likeness (QED) is 0.919. The van der Waals surface area contributed by atoms with Gasteiger partial charge in [0.2, 0.25) is 0 Å². The third-order valence-corrected chi connectivity index (χ3v) is 5.44. The molecule has 0 amide bonds. The maximum absolute atomic E-state index is 12.3. The normalized spacial score (nSPS) is 28.1. The highest BCUT2D eigenvalue weighted by Crippen LogP contribution is 2.34. The first-order valence-corrected chi connectivity index (χ1v) is 8.04. The number of pyridine rings is 1. The first kappa shape index (κ1) is 13.1. The lowest BCUT2D eigenvalue weighted by Crippen LogP contribution is -2.48. The number of nitrogens with zero attached hydrogens (tertiary/aromatic N) is 1. The topological polar surface area (TPSA) is 36.1 Å². The van der Waals surface area contributed by atoms with E-state index < -0.39 is 0 Å². The van der Waals surface area contributed by atoms with Gasteiger partial charge in [0, 0.05) is 17.6 Å². The average Bonchev–Trinajstić information content (AvgIpc) is 2.50. The summed E-state index contributed by atoms with van der Waals surface area (Å²) >= 11 is 0. The van der Waals surface area contributed by atoms with Gasteiger partial charge in [-0.05, 0) is 74.2 Å². The molecule has 4 heterocycles. The molecule has 5 rings (SSSR count). The molecule has 21 heavy (non-hydrogen) atoms. The van der Waals surface area contributed by atoms with E-state index in [0.717, 1.165) is 28.8 Å². The van der Waals surface area contributed by atoms with Gasteiger partial charge < -0.3 is 9.88 Å². The van der Waals surface area contributed by atoms with Crippen LogP contribution in [0.4, 0.5) is 0 Å². The maximum atomic E-state index is 12.3. The number of piperidine rings is 3. The van der Waals surface area contributed by atoms with Crippen LogP contribution in [0.2, 0.25) is 0 Å². The zero-order valence-electron chi connectivity index (χ0n) is 12.6. The summed E-state index contributed by atoms with van der Waals surface area (Å²) < 4.78 is 0. The van der Waals surface area contributed by atoms with Gasteiger partial charge in [0.05, 0.1) is 0 Å². The average molecular weight is 282 g/mol. The molecule has 3 aliphatic heterocycles. The second-order valence-electron chi connectivity index (χ2n) is 6.76. The fourth-order valence-corrected chi connectivity index (χ4v) is 4.20.